The van der Waals surface area contributed by atoms with E-state index >= 15 is 0 Å². The van der Waals surface area contributed by atoms with E-state index in [1.165, 1.54) is 78.2 Å². The van der Waals surface area contributed by atoms with Crippen LogP contribution in [0.4, 0.5) is 0 Å². The number of hydrogen-bond acceptors (Lipinski definition) is 4. The van der Waals surface area contributed by atoms with Gasteiger partial charge in [0.1, 0.15) is 11.2 Å². The Kier molecular flexibility index (Phi) is 5.92. The summed E-state index contributed by atoms with van der Waals surface area (Å²) in [6.07, 6.45) is 0. The van der Waals surface area contributed by atoms with Gasteiger partial charge in [-0.2, -0.15) is 0 Å². The summed E-state index contributed by atoms with van der Waals surface area (Å²) in [5.74, 6) is 0. The lowest BCUT2D eigenvalue weighted by molar-refractivity contribution is 0.673. The van der Waals surface area contributed by atoms with Gasteiger partial charge >= 0.3 is 0 Å². The van der Waals surface area contributed by atoms with Crippen molar-refractivity contribution < 1.29 is 4.42 Å². The Bertz CT molecular complexity index is 3580. The highest BCUT2D eigenvalue weighted by Gasteiger charge is 2.24. The van der Waals surface area contributed by atoms with Crippen LogP contribution in [0.3, 0.4) is 0 Å². The molecule has 252 valence electrons. The van der Waals surface area contributed by atoms with Crippen molar-refractivity contribution in [1.82, 2.24) is 9.13 Å². The second kappa shape index (κ2) is 10.8. The number of benzene rings is 8. The van der Waals surface area contributed by atoms with Gasteiger partial charge in [-0.25, -0.2) is 0 Å². The molecule has 54 heavy (non-hydrogen) atoms. The van der Waals surface area contributed by atoms with Gasteiger partial charge in [0.05, 0.1) is 27.5 Å². The highest BCUT2D eigenvalue weighted by molar-refractivity contribution is 8.05. The highest BCUT2D eigenvalue weighted by Crippen LogP contribution is 2.53. The smallest absolute Gasteiger partial charge is 0.145 e. The lowest BCUT2D eigenvalue weighted by Crippen LogP contribution is -1.94. The molecule has 4 aromatic heterocycles. The molecule has 0 bridgehead atoms. The molecule has 3 nitrogen and oxygen atoms in total. The number of nitrogens with zero attached hydrogens (tertiary/aromatic N) is 2. The van der Waals surface area contributed by atoms with Gasteiger partial charge in [0, 0.05) is 78.1 Å². The maximum absolute atomic E-state index is 6.55. The van der Waals surface area contributed by atoms with Gasteiger partial charge < -0.3 is 13.6 Å². The van der Waals surface area contributed by atoms with Crippen LogP contribution in [0.5, 0.6) is 0 Å². The normalized spacial score (nSPS) is 13.0. The van der Waals surface area contributed by atoms with E-state index in [9.17, 15) is 0 Å². The maximum Gasteiger partial charge on any atom is 0.145 e. The van der Waals surface area contributed by atoms with E-state index in [1.54, 1.807) is 0 Å². The summed E-state index contributed by atoms with van der Waals surface area (Å²) in [6.45, 7) is 0. The SMILES string of the molecule is c1ccc2c(c1)Sc1ccc3c(c1S2)c1ccccc1n3-c1ccc2c(c1)sc1cc(-n3c4ccccc4c4c5oc6ccccc6c5ccc43)ccc12. The number of fused-ring (bicyclic) bond motifs is 16. The number of hydrogen-bond donors (Lipinski definition) is 0. The summed E-state index contributed by atoms with van der Waals surface area (Å²) in [7, 11) is 0. The zero-order chi connectivity index (χ0) is 35.1. The molecule has 0 saturated carbocycles. The Morgan fingerprint density at radius 3 is 1.67 bits per heavy atom. The first kappa shape index (κ1) is 29.5. The van der Waals surface area contributed by atoms with E-state index in [0.29, 0.717) is 0 Å². The first-order valence-electron chi connectivity index (χ1n) is 18.1. The lowest BCUT2D eigenvalue weighted by Gasteiger charge is -2.19. The second-order valence-corrected chi connectivity index (χ2v) is 17.3. The van der Waals surface area contributed by atoms with Crippen LogP contribution in [0, 0.1) is 0 Å². The predicted octanol–water partition coefficient (Wildman–Crippen LogP) is 14.8. The number of para-hydroxylation sites is 3. The van der Waals surface area contributed by atoms with Crippen molar-refractivity contribution in [2.24, 2.45) is 0 Å². The quantitative estimate of drug-likeness (QED) is 0.176. The molecule has 0 unspecified atom stereocenters. The minimum atomic E-state index is 0.923. The fraction of sp³-hybridized carbons (Fsp3) is 0. The zero-order valence-electron chi connectivity index (χ0n) is 28.5. The first-order chi connectivity index (χ1) is 26.8. The Hall–Kier alpha value is -5.92. The zero-order valence-corrected chi connectivity index (χ0v) is 31.0. The van der Waals surface area contributed by atoms with Crippen molar-refractivity contribution in [2.75, 3.05) is 0 Å². The second-order valence-electron chi connectivity index (χ2n) is 14.0. The van der Waals surface area contributed by atoms with E-state index in [0.717, 1.165) is 38.5 Å². The molecular formula is C48H26N2OS3. The standard InChI is InChI=1S/C48H26N2OS3/c1-4-12-35-33(10-1)45-37(22-21-32-29-9-3-6-14-39(29)51-47(32)45)49(35)27-17-19-30-31-20-18-28(26-44(31)53-43(30)25-27)50-36-13-5-2-11-34(36)46-38(50)23-24-42-48(46)54-41-16-8-7-15-40(41)52-42/h1-26H. The highest BCUT2D eigenvalue weighted by atomic mass is 32.2. The van der Waals surface area contributed by atoms with Gasteiger partial charge in [0.15, 0.2) is 0 Å². The predicted molar refractivity (Wildman–Crippen MR) is 230 cm³/mol. The summed E-state index contributed by atoms with van der Waals surface area (Å²) in [5.41, 5.74) is 9.02. The molecule has 1 aliphatic rings. The molecule has 13 rings (SSSR count). The van der Waals surface area contributed by atoms with Crippen molar-refractivity contribution in [2.45, 2.75) is 19.6 Å². The van der Waals surface area contributed by atoms with E-state index in [2.05, 4.69) is 161 Å². The fourth-order valence-electron chi connectivity index (χ4n) is 8.86. The summed E-state index contributed by atoms with van der Waals surface area (Å²) in [5, 5.41) is 9.88. The van der Waals surface area contributed by atoms with Crippen molar-refractivity contribution >= 4 is 121 Å². The number of furan rings is 1. The minimum absolute atomic E-state index is 0.923. The molecule has 0 fully saturated rings. The molecule has 0 saturated heterocycles. The number of thiophene rings is 1. The molecule has 0 spiro atoms. The topological polar surface area (TPSA) is 23.0 Å². The van der Waals surface area contributed by atoms with Gasteiger partial charge in [0.25, 0.3) is 0 Å². The molecule has 0 radical (unpaired) electrons. The molecule has 6 heteroatoms. The van der Waals surface area contributed by atoms with Crippen molar-refractivity contribution in [3.8, 4) is 11.4 Å². The van der Waals surface area contributed by atoms with Crippen LogP contribution in [-0.2, 0) is 0 Å². The van der Waals surface area contributed by atoms with Crippen LogP contribution in [0.25, 0.3) is 97.1 Å². The molecule has 0 atom stereocenters. The summed E-state index contributed by atoms with van der Waals surface area (Å²) in [4.78, 5) is 5.34. The largest absolute Gasteiger partial charge is 0.455 e. The minimum Gasteiger partial charge on any atom is -0.455 e. The third-order valence-electron chi connectivity index (χ3n) is 11.2. The molecule has 5 heterocycles. The summed E-state index contributed by atoms with van der Waals surface area (Å²) in [6, 6.07) is 57.8. The van der Waals surface area contributed by atoms with Gasteiger partial charge in [-0.1, -0.05) is 102 Å². The van der Waals surface area contributed by atoms with Crippen LogP contribution < -0.4 is 0 Å². The molecule has 0 N–H and O–H groups in total. The van der Waals surface area contributed by atoms with Crippen molar-refractivity contribution in [3.05, 3.63) is 158 Å². The molecule has 1 aliphatic heterocycles. The third-order valence-corrected chi connectivity index (χ3v) is 14.9. The van der Waals surface area contributed by atoms with Crippen LogP contribution in [-0.4, -0.2) is 9.13 Å². The first-order valence-corrected chi connectivity index (χ1v) is 20.5. The van der Waals surface area contributed by atoms with Crippen LogP contribution in [0.15, 0.2) is 182 Å². The van der Waals surface area contributed by atoms with E-state index in [4.69, 9.17) is 4.42 Å². The van der Waals surface area contributed by atoms with Gasteiger partial charge in [-0.15, -0.1) is 11.3 Å². The summed E-state index contributed by atoms with van der Waals surface area (Å²) < 4.78 is 14.0. The lowest BCUT2D eigenvalue weighted by atomic mass is 10.1. The van der Waals surface area contributed by atoms with E-state index in [1.807, 2.05) is 40.9 Å². The van der Waals surface area contributed by atoms with Gasteiger partial charge in [-0.3, -0.25) is 0 Å². The maximum atomic E-state index is 6.55. The monoisotopic (exact) mass is 742 g/mol. The molecule has 0 aliphatic carbocycles. The van der Waals surface area contributed by atoms with Gasteiger partial charge in [-0.05, 0) is 78.9 Å². The molecule has 8 aromatic carbocycles. The Labute approximate surface area is 321 Å². The van der Waals surface area contributed by atoms with Gasteiger partial charge in [0.2, 0.25) is 0 Å². The summed E-state index contributed by atoms with van der Waals surface area (Å²) >= 11 is 5.66. The molecule has 12 aromatic rings. The number of aromatic nitrogens is 2. The van der Waals surface area contributed by atoms with E-state index < -0.39 is 0 Å². The Balaban J connectivity index is 0.991. The average Bonchev–Trinajstić information content (AvgIpc) is 3.96. The molecule has 0 amide bonds. The Morgan fingerprint density at radius 2 is 0.944 bits per heavy atom. The third kappa shape index (κ3) is 3.94. The van der Waals surface area contributed by atoms with Crippen molar-refractivity contribution in [3.63, 3.8) is 0 Å². The Morgan fingerprint density at radius 1 is 0.389 bits per heavy atom. The molecular weight excluding hydrogens is 717 g/mol. The fourth-order valence-corrected chi connectivity index (χ4v) is 12.4. The van der Waals surface area contributed by atoms with Crippen LogP contribution in [0.2, 0.25) is 0 Å². The van der Waals surface area contributed by atoms with E-state index in [-0.39, 0.29) is 0 Å². The van der Waals surface area contributed by atoms with Crippen LogP contribution >= 0.6 is 34.9 Å². The van der Waals surface area contributed by atoms with Crippen LogP contribution in [0.1, 0.15) is 0 Å². The van der Waals surface area contributed by atoms with Crippen molar-refractivity contribution in [1.29, 1.82) is 0 Å². The number of rotatable bonds is 2. The average molecular weight is 743 g/mol.